The Hall–Kier alpha value is -1.03. The number of hydrogen-bond donors (Lipinski definition) is 1. The second-order valence-corrected chi connectivity index (χ2v) is 5.82. The number of carbonyl (C=O) groups excluding carboxylic acids is 1. The van der Waals surface area contributed by atoms with Gasteiger partial charge in [0, 0.05) is 22.2 Å². The van der Waals surface area contributed by atoms with E-state index in [1.165, 1.54) is 0 Å². The van der Waals surface area contributed by atoms with Gasteiger partial charge in [-0.1, -0.05) is 15.9 Å². The Labute approximate surface area is 109 Å². The standard InChI is InChI=1S/C13H15BrN2O/c14-8-1-6-12(15)11(7-8)13(17)16-9-2-3-10(16)5-4-9/h1,6-7,9-10H,2-5,15H2. The molecule has 2 aliphatic heterocycles. The molecular formula is C13H15BrN2O. The van der Waals surface area contributed by atoms with Gasteiger partial charge in [0.15, 0.2) is 0 Å². The van der Waals surface area contributed by atoms with Crippen molar-refractivity contribution < 1.29 is 4.79 Å². The summed E-state index contributed by atoms with van der Waals surface area (Å²) in [6.45, 7) is 0. The number of benzene rings is 1. The minimum absolute atomic E-state index is 0.105. The highest BCUT2D eigenvalue weighted by atomic mass is 79.9. The molecule has 0 aliphatic carbocycles. The number of nitrogen functional groups attached to an aromatic ring is 1. The van der Waals surface area contributed by atoms with Gasteiger partial charge < -0.3 is 10.6 Å². The van der Waals surface area contributed by atoms with Crippen LogP contribution in [0.2, 0.25) is 0 Å². The van der Waals surface area contributed by atoms with E-state index in [1.807, 2.05) is 12.1 Å². The normalized spacial score (nSPS) is 26.5. The molecule has 2 bridgehead atoms. The maximum absolute atomic E-state index is 12.5. The number of amides is 1. The largest absolute Gasteiger partial charge is 0.398 e. The van der Waals surface area contributed by atoms with Crippen molar-refractivity contribution in [2.75, 3.05) is 5.73 Å². The molecular weight excluding hydrogens is 280 g/mol. The van der Waals surface area contributed by atoms with Crippen molar-refractivity contribution in [2.45, 2.75) is 37.8 Å². The molecule has 1 aromatic rings. The lowest BCUT2D eigenvalue weighted by atomic mass is 10.0. The van der Waals surface area contributed by atoms with Crippen molar-refractivity contribution in [3.63, 3.8) is 0 Å². The predicted molar refractivity (Wildman–Crippen MR) is 70.8 cm³/mol. The molecule has 2 saturated heterocycles. The number of carbonyl (C=O) groups is 1. The zero-order valence-electron chi connectivity index (χ0n) is 9.53. The van der Waals surface area contributed by atoms with Crippen LogP contribution >= 0.6 is 15.9 Å². The molecule has 0 spiro atoms. The van der Waals surface area contributed by atoms with Crippen molar-refractivity contribution in [3.8, 4) is 0 Å². The molecule has 17 heavy (non-hydrogen) atoms. The molecule has 90 valence electrons. The minimum atomic E-state index is 0.105. The Balaban J connectivity index is 1.94. The monoisotopic (exact) mass is 294 g/mol. The summed E-state index contributed by atoms with van der Waals surface area (Å²) in [5.74, 6) is 0.105. The Kier molecular flexibility index (Phi) is 2.62. The van der Waals surface area contributed by atoms with Crippen LogP contribution in [0.3, 0.4) is 0 Å². The smallest absolute Gasteiger partial charge is 0.256 e. The fourth-order valence-corrected chi connectivity index (χ4v) is 3.46. The van der Waals surface area contributed by atoms with E-state index in [0.717, 1.165) is 30.2 Å². The maximum atomic E-state index is 12.5. The van der Waals surface area contributed by atoms with Gasteiger partial charge in [0.1, 0.15) is 0 Å². The first-order valence-electron chi connectivity index (χ1n) is 6.04. The van der Waals surface area contributed by atoms with Crippen LogP contribution in [0.25, 0.3) is 0 Å². The third kappa shape index (κ3) is 1.75. The molecule has 1 aromatic carbocycles. The summed E-state index contributed by atoms with van der Waals surface area (Å²) in [5.41, 5.74) is 7.11. The highest BCUT2D eigenvalue weighted by Gasteiger charge is 2.42. The summed E-state index contributed by atoms with van der Waals surface area (Å²) < 4.78 is 0.904. The summed E-state index contributed by atoms with van der Waals surface area (Å²) in [6.07, 6.45) is 4.63. The minimum Gasteiger partial charge on any atom is -0.398 e. The lowest BCUT2D eigenvalue weighted by Gasteiger charge is -2.22. The molecule has 0 radical (unpaired) electrons. The first-order chi connectivity index (χ1) is 8.16. The van der Waals surface area contributed by atoms with Gasteiger partial charge in [0.2, 0.25) is 0 Å². The lowest BCUT2D eigenvalue weighted by Crippen LogP contribution is -2.35. The molecule has 2 heterocycles. The summed E-state index contributed by atoms with van der Waals surface area (Å²) in [4.78, 5) is 14.6. The highest BCUT2D eigenvalue weighted by Crippen LogP contribution is 2.39. The third-order valence-corrected chi connectivity index (χ3v) is 4.43. The van der Waals surface area contributed by atoms with Gasteiger partial charge in [0.25, 0.3) is 5.91 Å². The Morgan fingerprint density at radius 1 is 1.24 bits per heavy atom. The van der Waals surface area contributed by atoms with Gasteiger partial charge in [0.05, 0.1) is 5.56 Å². The van der Waals surface area contributed by atoms with Crippen LogP contribution in [-0.4, -0.2) is 22.9 Å². The van der Waals surface area contributed by atoms with Crippen molar-refractivity contribution in [1.29, 1.82) is 0 Å². The SMILES string of the molecule is Nc1ccc(Br)cc1C(=O)N1C2CCC1CC2. The van der Waals surface area contributed by atoms with Gasteiger partial charge in [-0.05, 0) is 43.9 Å². The number of halogens is 1. The fraction of sp³-hybridized carbons (Fsp3) is 0.462. The van der Waals surface area contributed by atoms with E-state index in [0.29, 0.717) is 23.3 Å². The molecule has 1 amide bonds. The maximum Gasteiger partial charge on any atom is 0.256 e. The summed E-state index contributed by atoms with van der Waals surface area (Å²) >= 11 is 3.39. The van der Waals surface area contributed by atoms with E-state index >= 15 is 0 Å². The van der Waals surface area contributed by atoms with Crippen LogP contribution in [0.5, 0.6) is 0 Å². The van der Waals surface area contributed by atoms with Crippen molar-refractivity contribution >= 4 is 27.5 Å². The number of hydrogen-bond acceptors (Lipinski definition) is 2. The zero-order chi connectivity index (χ0) is 12.0. The van der Waals surface area contributed by atoms with E-state index in [4.69, 9.17) is 5.73 Å². The third-order valence-electron chi connectivity index (χ3n) is 3.93. The van der Waals surface area contributed by atoms with E-state index in [9.17, 15) is 4.79 Å². The molecule has 3 nitrogen and oxygen atoms in total. The quantitative estimate of drug-likeness (QED) is 0.810. The van der Waals surface area contributed by atoms with Crippen LogP contribution in [-0.2, 0) is 0 Å². The van der Waals surface area contributed by atoms with E-state index in [2.05, 4.69) is 20.8 Å². The molecule has 4 heteroatoms. The summed E-state index contributed by atoms with van der Waals surface area (Å²) in [6, 6.07) is 6.38. The number of fused-ring (bicyclic) bond motifs is 2. The van der Waals surface area contributed by atoms with Gasteiger partial charge >= 0.3 is 0 Å². The topological polar surface area (TPSA) is 46.3 Å². The predicted octanol–water partition coefficient (Wildman–Crippen LogP) is 2.80. The van der Waals surface area contributed by atoms with E-state index in [-0.39, 0.29) is 5.91 Å². The summed E-state index contributed by atoms with van der Waals surface area (Å²) in [5, 5.41) is 0. The van der Waals surface area contributed by atoms with Gasteiger partial charge in [-0.15, -0.1) is 0 Å². The molecule has 3 rings (SSSR count). The summed E-state index contributed by atoms with van der Waals surface area (Å²) in [7, 11) is 0. The van der Waals surface area contributed by atoms with Crippen molar-refractivity contribution in [1.82, 2.24) is 4.90 Å². The van der Waals surface area contributed by atoms with E-state index in [1.54, 1.807) is 6.07 Å². The van der Waals surface area contributed by atoms with Crippen LogP contribution in [0, 0.1) is 0 Å². The van der Waals surface area contributed by atoms with Crippen LogP contribution in [0.15, 0.2) is 22.7 Å². The Morgan fingerprint density at radius 2 is 1.82 bits per heavy atom. The lowest BCUT2D eigenvalue weighted by molar-refractivity contribution is 0.0731. The van der Waals surface area contributed by atoms with Crippen molar-refractivity contribution in [2.24, 2.45) is 0 Å². The first-order valence-corrected chi connectivity index (χ1v) is 6.84. The van der Waals surface area contributed by atoms with Crippen LogP contribution in [0.1, 0.15) is 36.0 Å². The van der Waals surface area contributed by atoms with Gasteiger partial charge in [-0.3, -0.25) is 4.79 Å². The number of nitrogens with two attached hydrogens (primary N) is 1. The Bertz CT molecular complexity index is 454. The molecule has 2 aliphatic rings. The molecule has 0 atom stereocenters. The van der Waals surface area contributed by atoms with E-state index < -0.39 is 0 Å². The first kappa shape index (κ1) is 11.1. The molecule has 0 aromatic heterocycles. The molecule has 2 N–H and O–H groups in total. The molecule has 2 fully saturated rings. The van der Waals surface area contributed by atoms with Gasteiger partial charge in [-0.2, -0.15) is 0 Å². The average molecular weight is 295 g/mol. The number of nitrogens with zero attached hydrogens (tertiary/aromatic N) is 1. The number of rotatable bonds is 1. The van der Waals surface area contributed by atoms with Crippen LogP contribution in [0.4, 0.5) is 5.69 Å². The molecule has 0 unspecified atom stereocenters. The Morgan fingerprint density at radius 3 is 2.41 bits per heavy atom. The fourth-order valence-electron chi connectivity index (χ4n) is 3.10. The number of anilines is 1. The zero-order valence-corrected chi connectivity index (χ0v) is 11.1. The molecule has 0 saturated carbocycles. The highest BCUT2D eigenvalue weighted by molar-refractivity contribution is 9.10. The van der Waals surface area contributed by atoms with Crippen LogP contribution < -0.4 is 5.73 Å². The average Bonchev–Trinajstić information content (AvgIpc) is 2.91. The second kappa shape index (κ2) is 4.02. The van der Waals surface area contributed by atoms with Crippen molar-refractivity contribution in [3.05, 3.63) is 28.2 Å². The second-order valence-electron chi connectivity index (χ2n) is 4.91. The van der Waals surface area contributed by atoms with Gasteiger partial charge in [-0.25, -0.2) is 0 Å².